The maximum atomic E-state index is 12.5. The van der Waals surface area contributed by atoms with Crippen LogP contribution in [-0.2, 0) is 4.74 Å². The molecular weight excluding hydrogens is 157 g/mol. The third-order valence-corrected chi connectivity index (χ3v) is 2.26. The van der Waals surface area contributed by atoms with Crippen molar-refractivity contribution < 1.29 is 9.13 Å². The Balaban J connectivity index is 0.000000261. The summed E-state index contributed by atoms with van der Waals surface area (Å²) >= 11 is 0. The van der Waals surface area contributed by atoms with E-state index in [0.29, 0.717) is 0 Å². The quantitative estimate of drug-likeness (QED) is 0.604. The molecule has 1 rings (SSSR count). The van der Waals surface area contributed by atoms with Gasteiger partial charge in [0.15, 0.2) is 0 Å². The number of likely N-dealkylation sites (tertiary alicyclic amines) is 1. The van der Waals surface area contributed by atoms with Crippen LogP contribution >= 0.6 is 0 Å². The van der Waals surface area contributed by atoms with Crippen molar-refractivity contribution in [1.29, 1.82) is 0 Å². The van der Waals surface area contributed by atoms with Gasteiger partial charge in [0.05, 0.1) is 0 Å². The highest BCUT2D eigenvalue weighted by Gasteiger charge is 2.26. The van der Waals surface area contributed by atoms with Crippen molar-refractivity contribution in [3.05, 3.63) is 0 Å². The Morgan fingerprint density at radius 2 is 2.08 bits per heavy atom. The van der Waals surface area contributed by atoms with E-state index in [1.807, 2.05) is 25.8 Å². The monoisotopic (exact) mass is 177 g/mol. The van der Waals surface area contributed by atoms with Crippen molar-refractivity contribution in [3.63, 3.8) is 0 Å². The minimum absolute atomic E-state index is 0.148. The molecule has 1 heterocycles. The second-order valence-electron chi connectivity index (χ2n) is 3.10. The topological polar surface area (TPSA) is 12.5 Å². The molecule has 0 aromatic carbocycles. The zero-order valence-electron chi connectivity index (χ0n) is 8.51. The smallest absolute Gasteiger partial charge is 0.116 e. The summed E-state index contributed by atoms with van der Waals surface area (Å²) in [5.74, 6) is 0. The number of alkyl halides is 1. The largest absolute Gasteiger partial charge is 0.385 e. The van der Waals surface area contributed by atoms with Gasteiger partial charge in [-0.1, -0.05) is 0 Å². The van der Waals surface area contributed by atoms with E-state index in [4.69, 9.17) is 0 Å². The van der Waals surface area contributed by atoms with Gasteiger partial charge in [0, 0.05) is 26.3 Å². The molecule has 1 fully saturated rings. The lowest BCUT2D eigenvalue weighted by molar-refractivity contribution is 0.215. The number of hydrogen-bond acceptors (Lipinski definition) is 2. The fraction of sp³-hybridized carbons (Fsp3) is 1.00. The Labute approximate surface area is 74.7 Å². The molecule has 0 saturated carbocycles. The van der Waals surface area contributed by atoms with Crippen LogP contribution in [0.1, 0.15) is 20.3 Å². The summed E-state index contributed by atoms with van der Waals surface area (Å²) < 4.78 is 17.1. The highest BCUT2D eigenvalue weighted by Crippen LogP contribution is 2.17. The average Bonchev–Trinajstić information content (AvgIpc) is 2.37. The van der Waals surface area contributed by atoms with Crippen LogP contribution in [0.25, 0.3) is 0 Å². The highest BCUT2D eigenvalue weighted by molar-refractivity contribution is 4.80. The summed E-state index contributed by atoms with van der Waals surface area (Å²) in [6, 6.07) is 0.148. The molecule has 0 amide bonds. The molecule has 0 radical (unpaired) electrons. The second-order valence-corrected chi connectivity index (χ2v) is 3.10. The number of nitrogens with zero attached hydrogens (tertiary/aromatic N) is 1. The van der Waals surface area contributed by atoms with Crippen molar-refractivity contribution in [2.24, 2.45) is 0 Å². The first-order chi connectivity index (χ1) is 5.63. The van der Waals surface area contributed by atoms with E-state index in [1.54, 1.807) is 7.11 Å². The predicted octanol–water partition coefficient (Wildman–Crippen LogP) is 1.70. The highest BCUT2D eigenvalue weighted by atomic mass is 19.1. The first kappa shape index (κ1) is 11.8. The Morgan fingerprint density at radius 1 is 1.58 bits per heavy atom. The van der Waals surface area contributed by atoms with E-state index in [1.165, 1.54) is 0 Å². The Bertz CT molecular complexity index is 98.7. The van der Waals surface area contributed by atoms with Crippen molar-refractivity contribution in [3.8, 4) is 0 Å². The molecule has 0 bridgehead atoms. The lowest BCUT2D eigenvalue weighted by atomic mass is 10.2. The molecular formula is C9H20FNO. The molecule has 1 aliphatic rings. The predicted molar refractivity (Wildman–Crippen MR) is 49.2 cm³/mol. The normalized spacial score (nSPS) is 29.8. The number of methoxy groups -OCH3 is 1. The summed E-state index contributed by atoms with van der Waals surface area (Å²) in [7, 11) is 3.64. The Kier molecular flexibility index (Phi) is 6.30. The Morgan fingerprint density at radius 3 is 2.17 bits per heavy atom. The maximum Gasteiger partial charge on any atom is 0.116 e. The van der Waals surface area contributed by atoms with Gasteiger partial charge in [-0.3, -0.25) is 0 Å². The van der Waals surface area contributed by atoms with Crippen LogP contribution in [0.5, 0.6) is 0 Å². The molecule has 0 aromatic rings. The Hall–Kier alpha value is -0.150. The standard InChI is InChI=1S/C6H12FN.C3H8O/c1-5-6(7)3-4-8(5)2;1-3-4-2/h5-6H,3-4H2,1-2H3;3H2,1-2H3/t5-,6?;/m1./s1. The molecule has 0 N–H and O–H groups in total. The molecule has 0 spiro atoms. The van der Waals surface area contributed by atoms with E-state index < -0.39 is 6.17 Å². The lowest BCUT2D eigenvalue weighted by Crippen LogP contribution is -2.26. The lowest BCUT2D eigenvalue weighted by Gasteiger charge is -2.14. The van der Waals surface area contributed by atoms with E-state index in [-0.39, 0.29) is 6.04 Å². The van der Waals surface area contributed by atoms with Gasteiger partial charge in [-0.05, 0) is 27.3 Å². The average molecular weight is 177 g/mol. The number of rotatable bonds is 1. The van der Waals surface area contributed by atoms with E-state index in [2.05, 4.69) is 4.74 Å². The fourth-order valence-electron chi connectivity index (χ4n) is 1.05. The van der Waals surface area contributed by atoms with Crippen LogP contribution in [0, 0.1) is 0 Å². The number of ether oxygens (including phenoxy) is 1. The number of hydrogen-bond donors (Lipinski definition) is 0. The van der Waals surface area contributed by atoms with Crippen LogP contribution in [0.15, 0.2) is 0 Å². The molecule has 74 valence electrons. The van der Waals surface area contributed by atoms with E-state index in [0.717, 1.165) is 19.6 Å². The zero-order valence-corrected chi connectivity index (χ0v) is 8.51. The van der Waals surface area contributed by atoms with Crippen molar-refractivity contribution in [1.82, 2.24) is 4.90 Å². The maximum absolute atomic E-state index is 12.5. The second kappa shape index (κ2) is 6.38. The van der Waals surface area contributed by atoms with Gasteiger partial charge in [-0.15, -0.1) is 0 Å². The third kappa shape index (κ3) is 4.02. The summed E-state index contributed by atoms with van der Waals surface area (Å²) in [4.78, 5) is 2.05. The molecule has 12 heavy (non-hydrogen) atoms. The van der Waals surface area contributed by atoms with Gasteiger partial charge >= 0.3 is 0 Å². The van der Waals surface area contributed by atoms with Crippen LogP contribution in [0.3, 0.4) is 0 Å². The van der Waals surface area contributed by atoms with Crippen molar-refractivity contribution >= 4 is 0 Å². The minimum atomic E-state index is -0.583. The summed E-state index contributed by atoms with van der Waals surface area (Å²) in [5.41, 5.74) is 0. The summed E-state index contributed by atoms with van der Waals surface area (Å²) in [5, 5.41) is 0. The first-order valence-corrected chi connectivity index (χ1v) is 4.46. The first-order valence-electron chi connectivity index (χ1n) is 4.46. The van der Waals surface area contributed by atoms with Gasteiger partial charge in [-0.25, -0.2) is 4.39 Å². The summed E-state index contributed by atoms with van der Waals surface area (Å²) in [6.45, 7) is 5.62. The molecule has 1 unspecified atom stereocenters. The van der Waals surface area contributed by atoms with Gasteiger partial charge in [0.25, 0.3) is 0 Å². The SMILES string of the molecule is CCOC.C[C@@H]1C(F)CCN1C. The molecule has 1 saturated heterocycles. The van der Waals surface area contributed by atoms with E-state index >= 15 is 0 Å². The minimum Gasteiger partial charge on any atom is -0.385 e. The molecule has 0 aliphatic carbocycles. The van der Waals surface area contributed by atoms with Crippen molar-refractivity contribution in [2.75, 3.05) is 27.3 Å². The molecule has 2 atom stereocenters. The van der Waals surface area contributed by atoms with Crippen molar-refractivity contribution in [2.45, 2.75) is 32.5 Å². The molecule has 2 nitrogen and oxygen atoms in total. The van der Waals surface area contributed by atoms with Gasteiger partial charge in [0.1, 0.15) is 6.17 Å². The summed E-state index contributed by atoms with van der Waals surface area (Å²) in [6.07, 6.45) is 0.137. The zero-order chi connectivity index (χ0) is 9.56. The van der Waals surface area contributed by atoms with Gasteiger partial charge in [0.2, 0.25) is 0 Å². The van der Waals surface area contributed by atoms with Gasteiger partial charge < -0.3 is 9.64 Å². The number of halogens is 1. The fourth-order valence-corrected chi connectivity index (χ4v) is 1.05. The molecule has 1 aliphatic heterocycles. The van der Waals surface area contributed by atoms with E-state index in [9.17, 15) is 4.39 Å². The van der Waals surface area contributed by atoms with Crippen LogP contribution in [0.2, 0.25) is 0 Å². The third-order valence-electron chi connectivity index (χ3n) is 2.26. The molecule has 0 aromatic heterocycles. The van der Waals surface area contributed by atoms with Crippen LogP contribution in [0.4, 0.5) is 4.39 Å². The van der Waals surface area contributed by atoms with Crippen LogP contribution < -0.4 is 0 Å². The van der Waals surface area contributed by atoms with Gasteiger partial charge in [-0.2, -0.15) is 0 Å². The molecule has 3 heteroatoms. The van der Waals surface area contributed by atoms with Crippen LogP contribution in [-0.4, -0.2) is 44.4 Å².